The number of hydrogen-bond donors (Lipinski definition) is 2. The molecule has 0 spiro atoms. The van der Waals surface area contributed by atoms with Crippen molar-refractivity contribution >= 4 is 53.2 Å². The van der Waals surface area contributed by atoms with Crippen molar-refractivity contribution in [2.45, 2.75) is 23.8 Å². The summed E-state index contributed by atoms with van der Waals surface area (Å²) in [6, 6.07) is 1.60. The fraction of sp³-hybridized carbons (Fsp3) is 0.556. The Balaban J connectivity index is 2.15. The average Bonchev–Trinajstić information content (AvgIpc) is 2.59. The summed E-state index contributed by atoms with van der Waals surface area (Å²) in [5.74, 6) is 0. The number of halogens is 2. The van der Waals surface area contributed by atoms with E-state index in [2.05, 4.69) is 41.9 Å². The first-order valence-corrected chi connectivity index (χ1v) is 9.05. The molecule has 1 aliphatic heterocycles. The Bertz CT molecular complexity index is 495. The van der Waals surface area contributed by atoms with E-state index in [9.17, 15) is 8.42 Å². The summed E-state index contributed by atoms with van der Waals surface area (Å²) in [5, 5.41) is 3.18. The van der Waals surface area contributed by atoms with Crippen molar-refractivity contribution in [3.05, 3.63) is 13.6 Å². The normalized spacial score (nSPS) is 21.6. The summed E-state index contributed by atoms with van der Waals surface area (Å²) in [6.45, 7) is 1.66. The fourth-order valence-electron chi connectivity index (χ4n) is 1.74. The van der Waals surface area contributed by atoms with Crippen molar-refractivity contribution in [2.24, 2.45) is 0 Å². The van der Waals surface area contributed by atoms with Gasteiger partial charge in [0.1, 0.15) is 4.90 Å². The molecule has 0 saturated carbocycles. The predicted molar refractivity (Wildman–Crippen MR) is 75.9 cm³/mol. The van der Waals surface area contributed by atoms with Crippen LogP contribution in [0.2, 0.25) is 0 Å². The zero-order valence-electron chi connectivity index (χ0n) is 8.87. The lowest BCUT2D eigenvalue weighted by Crippen LogP contribution is -2.45. The highest BCUT2D eigenvalue weighted by Crippen LogP contribution is 2.34. The Kier molecular flexibility index (Phi) is 4.65. The molecule has 0 bridgehead atoms. The first-order valence-electron chi connectivity index (χ1n) is 5.17. The molecule has 2 rings (SSSR count). The number of rotatable bonds is 3. The lowest BCUT2D eigenvalue weighted by atomic mass is 10.1. The second-order valence-corrected chi connectivity index (χ2v) is 9.28. The SMILES string of the molecule is O=S(=O)(NC1CCCNC1)c1cc(Br)sc1Br. The van der Waals surface area contributed by atoms with Crippen LogP contribution in [-0.2, 0) is 10.0 Å². The lowest BCUT2D eigenvalue weighted by Gasteiger charge is -2.23. The van der Waals surface area contributed by atoms with Crippen LogP contribution in [0.1, 0.15) is 12.8 Å². The maximum Gasteiger partial charge on any atom is 0.242 e. The molecule has 1 aliphatic rings. The van der Waals surface area contributed by atoms with E-state index in [1.165, 1.54) is 11.3 Å². The molecule has 8 heteroatoms. The van der Waals surface area contributed by atoms with Gasteiger partial charge in [-0.2, -0.15) is 0 Å². The molecule has 2 heterocycles. The first-order chi connectivity index (χ1) is 7.99. The van der Waals surface area contributed by atoms with E-state index in [0.717, 1.165) is 23.2 Å². The van der Waals surface area contributed by atoms with Crippen LogP contribution in [0.5, 0.6) is 0 Å². The smallest absolute Gasteiger partial charge is 0.242 e. The molecule has 1 saturated heterocycles. The molecule has 4 nitrogen and oxygen atoms in total. The van der Waals surface area contributed by atoms with Gasteiger partial charge in [-0.25, -0.2) is 13.1 Å². The van der Waals surface area contributed by atoms with Crippen molar-refractivity contribution < 1.29 is 8.42 Å². The van der Waals surface area contributed by atoms with Gasteiger partial charge in [-0.1, -0.05) is 0 Å². The molecule has 0 aliphatic carbocycles. The standard InChI is InChI=1S/C9H12Br2N2O2S2/c10-8-4-7(9(11)16-8)17(14,15)13-6-2-1-3-12-5-6/h4,6,12-13H,1-3,5H2. The van der Waals surface area contributed by atoms with E-state index in [1.807, 2.05) is 0 Å². The molecule has 1 unspecified atom stereocenters. The third kappa shape index (κ3) is 3.51. The second-order valence-electron chi connectivity index (χ2n) is 3.85. The minimum Gasteiger partial charge on any atom is -0.315 e. The topological polar surface area (TPSA) is 58.2 Å². The Morgan fingerprint density at radius 2 is 2.24 bits per heavy atom. The summed E-state index contributed by atoms with van der Waals surface area (Å²) in [4.78, 5) is 0.306. The molecule has 0 radical (unpaired) electrons. The van der Waals surface area contributed by atoms with Crippen molar-refractivity contribution in [3.8, 4) is 0 Å². The van der Waals surface area contributed by atoms with Gasteiger partial charge in [0.2, 0.25) is 10.0 Å². The highest BCUT2D eigenvalue weighted by Gasteiger charge is 2.25. The summed E-state index contributed by atoms with van der Waals surface area (Å²) >= 11 is 7.91. The Morgan fingerprint density at radius 1 is 1.47 bits per heavy atom. The maximum atomic E-state index is 12.2. The molecular formula is C9H12Br2N2O2S2. The van der Waals surface area contributed by atoms with Crippen LogP contribution in [0.25, 0.3) is 0 Å². The largest absolute Gasteiger partial charge is 0.315 e. The lowest BCUT2D eigenvalue weighted by molar-refractivity contribution is 0.428. The van der Waals surface area contributed by atoms with E-state index in [-0.39, 0.29) is 6.04 Å². The third-order valence-electron chi connectivity index (χ3n) is 2.53. The van der Waals surface area contributed by atoms with Crippen molar-refractivity contribution in [1.29, 1.82) is 0 Å². The molecule has 17 heavy (non-hydrogen) atoms. The van der Waals surface area contributed by atoms with Crippen LogP contribution in [0.3, 0.4) is 0 Å². The first kappa shape index (κ1) is 14.0. The van der Waals surface area contributed by atoms with E-state index in [0.29, 0.717) is 15.2 Å². The minimum atomic E-state index is -3.43. The van der Waals surface area contributed by atoms with E-state index >= 15 is 0 Å². The summed E-state index contributed by atoms with van der Waals surface area (Å²) in [6.07, 6.45) is 1.89. The average molecular weight is 404 g/mol. The molecule has 1 aromatic rings. The van der Waals surface area contributed by atoms with Crippen LogP contribution in [-0.4, -0.2) is 27.5 Å². The quantitative estimate of drug-likeness (QED) is 0.813. The number of sulfonamides is 1. The molecule has 1 aromatic heterocycles. The Hall–Kier alpha value is 0.530. The Morgan fingerprint density at radius 3 is 2.76 bits per heavy atom. The minimum absolute atomic E-state index is 0.0145. The monoisotopic (exact) mass is 402 g/mol. The zero-order chi connectivity index (χ0) is 12.5. The van der Waals surface area contributed by atoms with Gasteiger partial charge in [-0.15, -0.1) is 11.3 Å². The fourth-order valence-corrected chi connectivity index (χ4v) is 6.83. The molecule has 96 valence electrons. The van der Waals surface area contributed by atoms with Crippen LogP contribution in [0, 0.1) is 0 Å². The van der Waals surface area contributed by atoms with E-state index < -0.39 is 10.0 Å². The van der Waals surface area contributed by atoms with Crippen LogP contribution in [0.4, 0.5) is 0 Å². The van der Waals surface area contributed by atoms with Gasteiger partial charge < -0.3 is 5.32 Å². The third-order valence-corrected chi connectivity index (χ3v) is 6.81. The van der Waals surface area contributed by atoms with Crippen LogP contribution in [0.15, 0.2) is 18.5 Å². The zero-order valence-corrected chi connectivity index (χ0v) is 13.7. The van der Waals surface area contributed by atoms with Crippen LogP contribution >= 0.6 is 43.2 Å². The van der Waals surface area contributed by atoms with Crippen molar-refractivity contribution in [2.75, 3.05) is 13.1 Å². The predicted octanol–water partition coefficient (Wildman–Crippen LogP) is 2.30. The van der Waals surface area contributed by atoms with E-state index in [4.69, 9.17) is 0 Å². The number of nitrogens with one attached hydrogen (secondary N) is 2. The van der Waals surface area contributed by atoms with Gasteiger partial charge in [0.25, 0.3) is 0 Å². The van der Waals surface area contributed by atoms with Crippen molar-refractivity contribution in [3.63, 3.8) is 0 Å². The summed E-state index contributed by atoms with van der Waals surface area (Å²) < 4.78 is 28.5. The van der Waals surface area contributed by atoms with Gasteiger partial charge in [0, 0.05) is 12.6 Å². The van der Waals surface area contributed by atoms with Gasteiger partial charge >= 0.3 is 0 Å². The maximum absolute atomic E-state index is 12.2. The van der Waals surface area contributed by atoms with Crippen molar-refractivity contribution in [1.82, 2.24) is 10.0 Å². The molecular weight excluding hydrogens is 392 g/mol. The highest BCUT2D eigenvalue weighted by atomic mass is 79.9. The second kappa shape index (κ2) is 5.66. The number of piperidine rings is 1. The van der Waals surface area contributed by atoms with Gasteiger partial charge in [0.05, 0.1) is 7.57 Å². The summed E-state index contributed by atoms with van der Waals surface area (Å²) in [5.41, 5.74) is 0. The van der Waals surface area contributed by atoms with Gasteiger partial charge in [0.15, 0.2) is 0 Å². The molecule has 0 amide bonds. The van der Waals surface area contributed by atoms with E-state index in [1.54, 1.807) is 6.07 Å². The Labute approximate surface area is 121 Å². The number of thiophene rings is 1. The number of hydrogen-bond acceptors (Lipinski definition) is 4. The van der Waals surface area contributed by atoms with Crippen LogP contribution < -0.4 is 10.0 Å². The van der Waals surface area contributed by atoms with Gasteiger partial charge in [-0.3, -0.25) is 0 Å². The highest BCUT2D eigenvalue weighted by molar-refractivity contribution is 9.12. The summed E-state index contributed by atoms with van der Waals surface area (Å²) in [7, 11) is -3.43. The van der Waals surface area contributed by atoms with Gasteiger partial charge in [-0.05, 0) is 57.3 Å². The molecule has 2 N–H and O–H groups in total. The molecule has 1 fully saturated rings. The molecule has 1 atom stereocenters. The molecule has 0 aromatic carbocycles.